The first kappa shape index (κ1) is 39.2. The lowest BCUT2D eigenvalue weighted by atomic mass is 10.0. The Morgan fingerprint density at radius 3 is 2.07 bits per heavy atom. The fourth-order valence-corrected chi connectivity index (χ4v) is 8.01. The van der Waals surface area contributed by atoms with E-state index >= 15 is 0 Å². The summed E-state index contributed by atoms with van der Waals surface area (Å²) in [4.78, 5) is 71.1. The van der Waals surface area contributed by atoms with Gasteiger partial charge in [-0.1, -0.05) is 51.7 Å². The number of aromatic nitrogens is 4. The van der Waals surface area contributed by atoms with Gasteiger partial charge in [0.1, 0.15) is 23.7 Å². The largest absolute Gasteiger partial charge is 0.453 e. The number of thioether (sulfide) groups is 1. The highest BCUT2D eigenvalue weighted by Crippen LogP contribution is 2.33. The zero-order chi connectivity index (χ0) is 39.2. The SMILES string of the molecule is COC(=O)N[C@H](C(=O)N1CCSC[C@H]1c1ncc(-c2ccc(C#Cc3ccc4nc([C@@H]5CCCN5C(=O)[C@@H](NC(=O)OC)C(C)C)[nH]c4c3)cc2)[nH]1)C(C)C. The summed E-state index contributed by atoms with van der Waals surface area (Å²) in [5.41, 5.74) is 5.03. The third kappa shape index (κ3) is 8.91. The Bertz CT molecular complexity index is 2080. The zero-order valence-corrected chi connectivity index (χ0v) is 32.8. The molecule has 2 aliphatic rings. The molecule has 0 unspecified atom stereocenters. The van der Waals surface area contributed by atoms with Crippen molar-refractivity contribution in [2.75, 3.05) is 38.8 Å². The van der Waals surface area contributed by atoms with Crippen LogP contribution in [-0.2, 0) is 19.1 Å². The first-order valence-corrected chi connectivity index (χ1v) is 19.7. The van der Waals surface area contributed by atoms with E-state index in [1.807, 2.05) is 70.2 Å². The zero-order valence-electron chi connectivity index (χ0n) is 32.0. The molecule has 4 heterocycles. The van der Waals surface area contributed by atoms with Gasteiger partial charge in [-0.25, -0.2) is 19.6 Å². The number of carbonyl (C=O) groups is 4. The summed E-state index contributed by atoms with van der Waals surface area (Å²) in [6, 6.07) is 11.8. The minimum absolute atomic E-state index is 0.113. The number of alkyl carbamates (subject to hydrolysis) is 2. The molecule has 4 aromatic rings. The number of aromatic amines is 2. The third-order valence-electron chi connectivity index (χ3n) is 10.0. The molecule has 14 nitrogen and oxygen atoms in total. The van der Waals surface area contributed by atoms with Crippen LogP contribution in [0.25, 0.3) is 22.3 Å². The van der Waals surface area contributed by atoms with Crippen LogP contribution >= 0.6 is 11.8 Å². The summed E-state index contributed by atoms with van der Waals surface area (Å²) < 4.78 is 9.52. The second kappa shape index (κ2) is 17.3. The van der Waals surface area contributed by atoms with Gasteiger partial charge in [0.25, 0.3) is 0 Å². The molecular formula is C40H48N8O6S. The van der Waals surface area contributed by atoms with E-state index in [-0.39, 0.29) is 35.7 Å². The number of benzene rings is 2. The van der Waals surface area contributed by atoms with Crippen molar-refractivity contribution in [3.8, 4) is 23.1 Å². The predicted molar refractivity (Wildman–Crippen MR) is 210 cm³/mol. The molecule has 0 radical (unpaired) electrons. The van der Waals surface area contributed by atoms with Crippen LogP contribution in [0.4, 0.5) is 9.59 Å². The molecule has 2 aliphatic heterocycles. The van der Waals surface area contributed by atoms with E-state index in [1.54, 1.807) is 27.8 Å². The summed E-state index contributed by atoms with van der Waals surface area (Å²) >= 11 is 1.76. The van der Waals surface area contributed by atoms with Gasteiger partial charge < -0.3 is 39.9 Å². The number of nitrogens with zero attached hydrogens (tertiary/aromatic N) is 4. The molecule has 2 aromatic carbocycles. The van der Waals surface area contributed by atoms with Gasteiger partial charge >= 0.3 is 12.2 Å². The number of methoxy groups -OCH3 is 2. The lowest BCUT2D eigenvalue weighted by Gasteiger charge is -2.37. The van der Waals surface area contributed by atoms with Crippen molar-refractivity contribution < 1.29 is 28.7 Å². The van der Waals surface area contributed by atoms with E-state index in [4.69, 9.17) is 14.5 Å². The number of ether oxygens (including phenoxy) is 2. The Morgan fingerprint density at radius 2 is 1.44 bits per heavy atom. The fourth-order valence-electron chi connectivity index (χ4n) is 6.96. The van der Waals surface area contributed by atoms with Crippen molar-refractivity contribution in [3.05, 3.63) is 71.4 Å². The predicted octanol–water partition coefficient (Wildman–Crippen LogP) is 5.39. The summed E-state index contributed by atoms with van der Waals surface area (Å²) in [6.45, 7) is 8.71. The number of imidazole rings is 2. The first-order valence-electron chi connectivity index (χ1n) is 18.5. The molecule has 0 saturated carbocycles. The standard InChI is InChI=1S/C40H48N8O6S/c1-23(2)33(45-39(51)53-5)37(49)47-17-7-8-31(47)36-42-28-16-13-26(20-29(28)43-36)10-9-25-11-14-27(15-12-25)30-21-41-35(44-30)32-22-55-19-18-48(32)38(50)34(24(3)4)46-40(52)54-6/h11-16,20-21,23-24,31-34H,7-8,17-19,22H2,1-6H3,(H,41,44)(H,42,43)(H,45,51)(H,46,52)/t31-,32-,33-,34-/m0/s1. The van der Waals surface area contributed by atoms with Gasteiger partial charge in [-0.05, 0) is 60.6 Å². The van der Waals surface area contributed by atoms with Gasteiger partial charge in [0.15, 0.2) is 0 Å². The van der Waals surface area contributed by atoms with Crippen molar-refractivity contribution >= 4 is 46.8 Å². The van der Waals surface area contributed by atoms with E-state index in [0.29, 0.717) is 30.5 Å². The number of amides is 4. The van der Waals surface area contributed by atoms with Crippen molar-refractivity contribution in [3.63, 3.8) is 0 Å². The smallest absolute Gasteiger partial charge is 0.407 e. The molecule has 0 spiro atoms. The number of fused-ring (bicyclic) bond motifs is 1. The Kier molecular flexibility index (Phi) is 12.3. The summed E-state index contributed by atoms with van der Waals surface area (Å²) in [5.74, 6) is 8.86. The quantitative estimate of drug-likeness (QED) is 0.163. The van der Waals surface area contributed by atoms with E-state index < -0.39 is 24.3 Å². The number of H-pyrrole nitrogens is 2. The second-order valence-electron chi connectivity index (χ2n) is 14.4. The van der Waals surface area contributed by atoms with Crippen molar-refractivity contribution in [1.29, 1.82) is 0 Å². The van der Waals surface area contributed by atoms with Gasteiger partial charge in [0, 0.05) is 35.7 Å². The molecule has 4 atom stereocenters. The van der Waals surface area contributed by atoms with Crippen LogP contribution in [0.3, 0.4) is 0 Å². The van der Waals surface area contributed by atoms with Gasteiger partial charge in [-0.2, -0.15) is 11.8 Å². The van der Waals surface area contributed by atoms with Gasteiger partial charge in [-0.3, -0.25) is 9.59 Å². The molecular weight excluding hydrogens is 721 g/mol. The van der Waals surface area contributed by atoms with Crippen LogP contribution in [0.15, 0.2) is 48.7 Å². The molecule has 55 heavy (non-hydrogen) atoms. The monoisotopic (exact) mass is 768 g/mol. The Hall–Kier alpha value is -5.49. The number of hydrogen-bond donors (Lipinski definition) is 4. The molecule has 15 heteroatoms. The molecule has 2 saturated heterocycles. The van der Waals surface area contributed by atoms with Crippen LogP contribution < -0.4 is 10.6 Å². The van der Waals surface area contributed by atoms with Crippen LogP contribution in [0, 0.1) is 23.7 Å². The molecule has 0 aliphatic carbocycles. The topological polar surface area (TPSA) is 175 Å². The van der Waals surface area contributed by atoms with Crippen molar-refractivity contribution in [1.82, 2.24) is 40.4 Å². The summed E-state index contributed by atoms with van der Waals surface area (Å²) in [7, 11) is 2.57. The van der Waals surface area contributed by atoms with Gasteiger partial charge in [0.05, 0.1) is 49.2 Å². The van der Waals surface area contributed by atoms with Crippen LogP contribution in [0.1, 0.15) is 75.4 Å². The van der Waals surface area contributed by atoms with Gasteiger partial charge in [0.2, 0.25) is 11.8 Å². The number of hydrogen-bond acceptors (Lipinski definition) is 9. The molecule has 6 rings (SSSR count). The van der Waals surface area contributed by atoms with Crippen molar-refractivity contribution in [2.45, 2.75) is 64.7 Å². The average Bonchev–Trinajstić information content (AvgIpc) is 3.98. The molecule has 4 N–H and O–H groups in total. The summed E-state index contributed by atoms with van der Waals surface area (Å²) in [6.07, 6.45) is 2.12. The highest BCUT2D eigenvalue weighted by atomic mass is 32.2. The second-order valence-corrected chi connectivity index (χ2v) is 15.5. The van der Waals surface area contributed by atoms with Crippen molar-refractivity contribution in [2.24, 2.45) is 11.8 Å². The van der Waals surface area contributed by atoms with Crippen LogP contribution in [0.2, 0.25) is 0 Å². The lowest BCUT2D eigenvalue weighted by Crippen LogP contribution is -2.54. The highest BCUT2D eigenvalue weighted by molar-refractivity contribution is 7.99. The molecule has 2 fully saturated rings. The van der Waals surface area contributed by atoms with E-state index in [0.717, 1.165) is 52.0 Å². The highest BCUT2D eigenvalue weighted by Gasteiger charge is 2.38. The lowest BCUT2D eigenvalue weighted by molar-refractivity contribution is -0.137. The number of carbonyl (C=O) groups excluding carboxylic acids is 4. The molecule has 4 amide bonds. The maximum atomic E-state index is 13.6. The minimum atomic E-state index is -0.706. The average molecular weight is 769 g/mol. The Morgan fingerprint density at radius 1 is 0.818 bits per heavy atom. The van der Waals surface area contributed by atoms with E-state index in [2.05, 4.69) is 37.4 Å². The Labute approximate surface area is 324 Å². The fraction of sp³-hybridized carbons (Fsp3) is 0.450. The number of rotatable bonds is 9. The minimum Gasteiger partial charge on any atom is -0.453 e. The first-order chi connectivity index (χ1) is 26.5. The molecule has 290 valence electrons. The van der Waals surface area contributed by atoms with Crippen LogP contribution in [0.5, 0.6) is 0 Å². The van der Waals surface area contributed by atoms with E-state index in [9.17, 15) is 19.2 Å². The molecule has 2 aromatic heterocycles. The van der Waals surface area contributed by atoms with Gasteiger partial charge in [-0.15, -0.1) is 0 Å². The van der Waals surface area contributed by atoms with Crippen LogP contribution in [-0.4, -0.2) is 105 Å². The normalized spacial score (nSPS) is 18.1. The molecule has 0 bridgehead atoms. The Balaban J connectivity index is 1.13. The summed E-state index contributed by atoms with van der Waals surface area (Å²) in [5, 5.41) is 5.39. The number of nitrogens with one attached hydrogen (secondary N) is 4. The number of likely N-dealkylation sites (tertiary alicyclic amines) is 1. The maximum Gasteiger partial charge on any atom is 0.407 e. The third-order valence-corrected chi connectivity index (χ3v) is 11.0. The van der Waals surface area contributed by atoms with E-state index in [1.165, 1.54) is 14.2 Å². The maximum absolute atomic E-state index is 13.6.